The molecule has 4 heteroatoms. The average molecular weight is 275 g/mol. The molecule has 0 amide bonds. The van der Waals surface area contributed by atoms with Crippen LogP contribution in [0.2, 0.25) is 0 Å². The molecule has 2 atom stereocenters. The average Bonchev–Trinajstić information content (AvgIpc) is 2.92. The van der Waals surface area contributed by atoms with Gasteiger partial charge in [0.1, 0.15) is 0 Å². The Bertz CT molecular complexity index is 435. The van der Waals surface area contributed by atoms with E-state index in [-0.39, 0.29) is 0 Å². The second-order valence-electron chi connectivity index (χ2n) is 6.14. The van der Waals surface area contributed by atoms with Gasteiger partial charge in [-0.05, 0) is 51.7 Å². The van der Waals surface area contributed by atoms with Gasteiger partial charge in [0.15, 0.2) is 5.82 Å². The van der Waals surface area contributed by atoms with Crippen molar-refractivity contribution in [3.05, 3.63) is 18.3 Å². The molecule has 2 aliphatic rings. The van der Waals surface area contributed by atoms with Crippen molar-refractivity contribution >= 4 is 11.5 Å². The molecular formula is C16H25N3O. The maximum absolute atomic E-state index is 5.82. The zero-order chi connectivity index (χ0) is 13.9. The van der Waals surface area contributed by atoms with Crippen molar-refractivity contribution in [2.75, 3.05) is 23.3 Å². The molecule has 0 bridgehead atoms. The first kappa shape index (κ1) is 13.7. The molecule has 0 aromatic carbocycles. The summed E-state index contributed by atoms with van der Waals surface area (Å²) in [5, 5.41) is 3.70. The number of ether oxygens (including phenoxy) is 1. The van der Waals surface area contributed by atoms with Crippen LogP contribution in [0.4, 0.5) is 11.5 Å². The molecule has 2 aliphatic heterocycles. The zero-order valence-corrected chi connectivity index (χ0v) is 12.5. The number of pyridine rings is 1. The topological polar surface area (TPSA) is 37.4 Å². The van der Waals surface area contributed by atoms with Gasteiger partial charge in [-0.15, -0.1) is 0 Å². The minimum absolute atomic E-state index is 0.336. The number of hydrogen-bond donors (Lipinski definition) is 1. The second kappa shape index (κ2) is 6.00. The number of aromatic nitrogens is 1. The lowest BCUT2D eigenvalue weighted by Crippen LogP contribution is -2.37. The Morgan fingerprint density at radius 2 is 1.90 bits per heavy atom. The van der Waals surface area contributed by atoms with E-state index in [1.54, 1.807) is 0 Å². The summed E-state index contributed by atoms with van der Waals surface area (Å²) in [5.74, 6) is 1.12. The molecule has 1 aromatic rings. The molecule has 2 saturated heterocycles. The van der Waals surface area contributed by atoms with E-state index in [9.17, 15) is 0 Å². The van der Waals surface area contributed by atoms with Crippen molar-refractivity contribution in [3.8, 4) is 0 Å². The van der Waals surface area contributed by atoms with Crippen LogP contribution in [-0.4, -0.2) is 36.3 Å². The Kier molecular flexibility index (Phi) is 4.10. The van der Waals surface area contributed by atoms with Crippen molar-refractivity contribution in [2.24, 2.45) is 0 Å². The van der Waals surface area contributed by atoms with Gasteiger partial charge in [-0.3, -0.25) is 0 Å². The summed E-state index contributed by atoms with van der Waals surface area (Å²) >= 11 is 0. The van der Waals surface area contributed by atoms with Gasteiger partial charge in [-0.1, -0.05) is 0 Å². The summed E-state index contributed by atoms with van der Waals surface area (Å²) in [6.45, 7) is 6.59. The maximum Gasteiger partial charge on any atom is 0.151 e. The van der Waals surface area contributed by atoms with Crippen LogP contribution >= 0.6 is 0 Å². The minimum atomic E-state index is 0.336. The third kappa shape index (κ3) is 3.06. The minimum Gasteiger partial charge on any atom is -0.379 e. The lowest BCUT2D eigenvalue weighted by molar-refractivity contribution is -0.0337. The van der Waals surface area contributed by atoms with Crippen molar-refractivity contribution in [1.82, 2.24) is 4.98 Å². The van der Waals surface area contributed by atoms with Crippen LogP contribution in [0.3, 0.4) is 0 Å². The van der Waals surface area contributed by atoms with Crippen molar-refractivity contribution in [2.45, 2.75) is 57.8 Å². The fraction of sp³-hybridized carbons (Fsp3) is 0.688. The van der Waals surface area contributed by atoms with Gasteiger partial charge < -0.3 is 15.0 Å². The van der Waals surface area contributed by atoms with Crippen molar-refractivity contribution in [3.63, 3.8) is 0 Å². The summed E-state index contributed by atoms with van der Waals surface area (Å²) < 4.78 is 5.82. The monoisotopic (exact) mass is 275 g/mol. The first-order valence-corrected chi connectivity index (χ1v) is 7.84. The van der Waals surface area contributed by atoms with E-state index in [1.807, 2.05) is 12.3 Å². The lowest BCUT2D eigenvalue weighted by Gasteiger charge is -2.34. The third-order valence-electron chi connectivity index (χ3n) is 4.25. The van der Waals surface area contributed by atoms with Crippen LogP contribution in [-0.2, 0) is 4.74 Å². The molecular weight excluding hydrogens is 250 g/mol. The Hall–Kier alpha value is -1.29. The third-order valence-corrected chi connectivity index (χ3v) is 4.25. The van der Waals surface area contributed by atoms with Crippen molar-refractivity contribution in [1.29, 1.82) is 0 Å². The molecule has 3 rings (SSSR count). The van der Waals surface area contributed by atoms with Crippen LogP contribution in [0.5, 0.6) is 0 Å². The van der Waals surface area contributed by atoms with Gasteiger partial charge in [-0.2, -0.15) is 0 Å². The molecule has 20 heavy (non-hydrogen) atoms. The number of nitrogens with one attached hydrogen (secondary N) is 1. The number of hydrogen-bond acceptors (Lipinski definition) is 4. The molecule has 1 N–H and O–H groups in total. The van der Waals surface area contributed by atoms with Crippen LogP contribution in [0.1, 0.15) is 39.5 Å². The van der Waals surface area contributed by atoms with Gasteiger partial charge in [0.05, 0.1) is 17.9 Å². The summed E-state index contributed by atoms with van der Waals surface area (Å²) in [6, 6.07) is 4.67. The van der Waals surface area contributed by atoms with Gasteiger partial charge in [-0.25, -0.2) is 4.98 Å². The fourth-order valence-corrected chi connectivity index (χ4v) is 3.43. The van der Waals surface area contributed by atoms with Gasteiger partial charge >= 0.3 is 0 Å². The normalized spacial score (nSPS) is 30.5. The molecule has 3 heterocycles. The predicted octanol–water partition coefficient (Wildman–Crippen LogP) is 3.05. The maximum atomic E-state index is 5.82. The van der Waals surface area contributed by atoms with Crippen LogP contribution in [0.25, 0.3) is 0 Å². The van der Waals surface area contributed by atoms with E-state index in [1.165, 1.54) is 18.5 Å². The predicted molar refractivity (Wildman–Crippen MR) is 82.3 cm³/mol. The number of nitrogens with zero attached hydrogens (tertiary/aromatic N) is 2. The van der Waals surface area contributed by atoms with E-state index in [0.717, 1.165) is 31.7 Å². The SMILES string of the molecule is CC1CC(Nc2cccnc2N2CCCC2)CC(C)O1. The number of anilines is 2. The van der Waals surface area contributed by atoms with E-state index in [4.69, 9.17) is 4.74 Å². The van der Waals surface area contributed by atoms with Gasteiger partial charge in [0.2, 0.25) is 0 Å². The molecule has 110 valence electrons. The quantitative estimate of drug-likeness (QED) is 0.920. The van der Waals surface area contributed by atoms with E-state index in [0.29, 0.717) is 18.2 Å². The van der Waals surface area contributed by atoms with Crippen molar-refractivity contribution < 1.29 is 4.74 Å². The molecule has 0 saturated carbocycles. The molecule has 4 nitrogen and oxygen atoms in total. The van der Waals surface area contributed by atoms with Gasteiger partial charge in [0, 0.05) is 25.3 Å². The highest BCUT2D eigenvalue weighted by molar-refractivity contribution is 5.66. The van der Waals surface area contributed by atoms with Crippen LogP contribution < -0.4 is 10.2 Å². The molecule has 1 aromatic heterocycles. The summed E-state index contributed by atoms with van der Waals surface area (Å²) in [4.78, 5) is 6.99. The van der Waals surface area contributed by atoms with Gasteiger partial charge in [0.25, 0.3) is 0 Å². The second-order valence-corrected chi connectivity index (χ2v) is 6.14. The zero-order valence-electron chi connectivity index (χ0n) is 12.5. The molecule has 0 aliphatic carbocycles. The van der Waals surface area contributed by atoms with Crippen LogP contribution in [0.15, 0.2) is 18.3 Å². The van der Waals surface area contributed by atoms with E-state index >= 15 is 0 Å². The van der Waals surface area contributed by atoms with E-state index < -0.39 is 0 Å². The summed E-state index contributed by atoms with van der Waals surface area (Å²) in [5.41, 5.74) is 1.18. The smallest absolute Gasteiger partial charge is 0.151 e. The Labute approximate surface area is 121 Å². The molecule has 0 radical (unpaired) electrons. The molecule has 2 unspecified atom stereocenters. The largest absolute Gasteiger partial charge is 0.379 e. The first-order valence-electron chi connectivity index (χ1n) is 7.84. The highest BCUT2D eigenvalue weighted by Gasteiger charge is 2.25. The lowest BCUT2D eigenvalue weighted by atomic mass is 9.99. The summed E-state index contributed by atoms with van der Waals surface area (Å²) in [6.07, 6.45) is 7.26. The van der Waals surface area contributed by atoms with Crippen LogP contribution in [0, 0.1) is 0 Å². The highest BCUT2D eigenvalue weighted by Crippen LogP contribution is 2.29. The van der Waals surface area contributed by atoms with E-state index in [2.05, 4.69) is 35.1 Å². The molecule has 0 spiro atoms. The Balaban J connectivity index is 1.73. The fourth-order valence-electron chi connectivity index (χ4n) is 3.43. The Morgan fingerprint density at radius 1 is 1.20 bits per heavy atom. The standard InChI is InChI=1S/C16H25N3O/c1-12-10-14(11-13(2)20-12)18-15-6-5-7-17-16(15)19-8-3-4-9-19/h5-7,12-14,18H,3-4,8-11H2,1-2H3. The number of rotatable bonds is 3. The molecule has 2 fully saturated rings. The first-order chi connectivity index (χ1) is 9.72. The summed E-state index contributed by atoms with van der Waals surface area (Å²) in [7, 11) is 0. The highest BCUT2D eigenvalue weighted by atomic mass is 16.5. The Morgan fingerprint density at radius 3 is 2.60 bits per heavy atom.